The van der Waals surface area contributed by atoms with Gasteiger partial charge in [-0.2, -0.15) is 0 Å². The molecule has 1 aromatic rings. The van der Waals surface area contributed by atoms with Gasteiger partial charge in [0.1, 0.15) is 17.2 Å². The number of halogens is 1. The maximum Gasteiger partial charge on any atom is 0.223 e. The van der Waals surface area contributed by atoms with Crippen LogP contribution in [0.15, 0.2) is 18.2 Å². The fourth-order valence-electron chi connectivity index (χ4n) is 2.74. The normalized spacial score (nSPS) is 19.3. The van der Waals surface area contributed by atoms with Gasteiger partial charge in [-0.3, -0.25) is 4.79 Å². The first-order valence-corrected chi connectivity index (χ1v) is 8.01. The molecule has 0 saturated heterocycles. The number of carbonyl (C=O) groups is 1. The summed E-state index contributed by atoms with van der Waals surface area (Å²) < 4.78 is 16.1. The molecular formula is C17H27ClN2O4. The summed E-state index contributed by atoms with van der Waals surface area (Å²) in [4.78, 5) is 12.0. The molecule has 2 rings (SSSR count). The first-order chi connectivity index (χ1) is 11.1. The molecule has 0 spiro atoms. The Hall–Kier alpha value is -1.66. The lowest BCUT2D eigenvalue weighted by molar-refractivity contribution is -0.124. The molecule has 0 radical (unpaired) electrons. The van der Waals surface area contributed by atoms with E-state index < -0.39 is 0 Å². The van der Waals surface area contributed by atoms with Crippen molar-refractivity contribution in [1.29, 1.82) is 0 Å². The number of carbonyl (C=O) groups excluding carboxylic acids is 1. The molecule has 1 aliphatic carbocycles. The quantitative estimate of drug-likeness (QED) is 0.696. The second-order valence-corrected chi connectivity index (χ2v) is 5.81. The third-order valence-corrected chi connectivity index (χ3v) is 4.06. The van der Waals surface area contributed by atoms with E-state index in [1.54, 1.807) is 32.4 Å². The molecule has 24 heavy (non-hydrogen) atoms. The number of methoxy groups -OCH3 is 2. The summed E-state index contributed by atoms with van der Waals surface area (Å²) in [6.45, 7) is 1.12. The maximum absolute atomic E-state index is 12.0. The summed E-state index contributed by atoms with van der Waals surface area (Å²) in [5, 5.41) is 2.95. The highest BCUT2D eigenvalue weighted by atomic mass is 35.5. The number of amides is 1. The number of benzene rings is 1. The third-order valence-electron chi connectivity index (χ3n) is 4.06. The molecule has 2 atom stereocenters. The first kappa shape index (κ1) is 20.4. The minimum absolute atomic E-state index is 0. The van der Waals surface area contributed by atoms with Crippen LogP contribution in [0.25, 0.3) is 0 Å². The van der Waals surface area contributed by atoms with Gasteiger partial charge in [-0.15, -0.1) is 12.4 Å². The molecule has 136 valence electrons. The highest BCUT2D eigenvalue weighted by Gasteiger charge is 2.27. The van der Waals surface area contributed by atoms with E-state index in [0.717, 1.165) is 25.7 Å². The Balaban J connectivity index is 0.00000288. The number of ether oxygens (including phenoxy) is 3. The van der Waals surface area contributed by atoms with Crippen molar-refractivity contribution in [1.82, 2.24) is 5.32 Å². The second kappa shape index (κ2) is 10.3. The SMILES string of the molecule is COc1cc(OC)cc(OCCCNC(=O)C2CCC(N)C2)c1.Cl. The summed E-state index contributed by atoms with van der Waals surface area (Å²) >= 11 is 0. The summed E-state index contributed by atoms with van der Waals surface area (Å²) in [5.74, 6) is 2.25. The van der Waals surface area contributed by atoms with Crippen LogP contribution in [0.2, 0.25) is 0 Å². The van der Waals surface area contributed by atoms with Crippen LogP contribution in [0.4, 0.5) is 0 Å². The van der Waals surface area contributed by atoms with E-state index in [1.165, 1.54) is 0 Å². The zero-order valence-electron chi connectivity index (χ0n) is 14.2. The van der Waals surface area contributed by atoms with Gasteiger partial charge in [0, 0.05) is 36.7 Å². The van der Waals surface area contributed by atoms with Crippen LogP contribution < -0.4 is 25.3 Å². The Kier molecular flexibility index (Phi) is 8.71. The van der Waals surface area contributed by atoms with Crippen LogP contribution in [0.1, 0.15) is 25.7 Å². The number of nitrogens with two attached hydrogens (primary N) is 1. The van der Waals surface area contributed by atoms with Crippen molar-refractivity contribution >= 4 is 18.3 Å². The number of hydrogen-bond acceptors (Lipinski definition) is 5. The van der Waals surface area contributed by atoms with Crippen LogP contribution in [0.5, 0.6) is 17.2 Å². The molecule has 0 heterocycles. The van der Waals surface area contributed by atoms with Crippen LogP contribution in [0, 0.1) is 5.92 Å². The average Bonchev–Trinajstić information content (AvgIpc) is 3.00. The average molecular weight is 359 g/mol. The second-order valence-electron chi connectivity index (χ2n) is 5.81. The topological polar surface area (TPSA) is 82.8 Å². The van der Waals surface area contributed by atoms with Crippen LogP contribution >= 0.6 is 12.4 Å². The number of rotatable bonds is 8. The van der Waals surface area contributed by atoms with E-state index in [0.29, 0.717) is 30.4 Å². The molecule has 3 N–H and O–H groups in total. The summed E-state index contributed by atoms with van der Waals surface area (Å²) in [6, 6.07) is 5.58. The van der Waals surface area contributed by atoms with E-state index in [4.69, 9.17) is 19.9 Å². The molecule has 7 heteroatoms. The molecular weight excluding hydrogens is 332 g/mol. The van der Waals surface area contributed by atoms with Crippen molar-refractivity contribution in [2.75, 3.05) is 27.4 Å². The molecule has 6 nitrogen and oxygen atoms in total. The zero-order valence-corrected chi connectivity index (χ0v) is 15.1. The molecule has 1 fully saturated rings. The number of nitrogens with one attached hydrogen (secondary N) is 1. The van der Waals surface area contributed by atoms with Gasteiger partial charge in [-0.25, -0.2) is 0 Å². The van der Waals surface area contributed by atoms with Gasteiger partial charge < -0.3 is 25.3 Å². The Morgan fingerprint density at radius 2 is 1.79 bits per heavy atom. The van der Waals surface area contributed by atoms with Crippen molar-refractivity contribution in [3.63, 3.8) is 0 Å². The minimum atomic E-state index is 0. The van der Waals surface area contributed by atoms with Gasteiger partial charge in [0.15, 0.2) is 0 Å². The molecule has 1 aromatic carbocycles. The molecule has 0 bridgehead atoms. The van der Waals surface area contributed by atoms with E-state index >= 15 is 0 Å². The lowest BCUT2D eigenvalue weighted by Gasteiger charge is -2.12. The fourth-order valence-corrected chi connectivity index (χ4v) is 2.74. The van der Waals surface area contributed by atoms with Gasteiger partial charge in [0.2, 0.25) is 5.91 Å². The lowest BCUT2D eigenvalue weighted by atomic mass is 10.1. The molecule has 0 aromatic heterocycles. The summed E-state index contributed by atoms with van der Waals surface area (Å²) in [7, 11) is 3.20. The fraction of sp³-hybridized carbons (Fsp3) is 0.588. The lowest BCUT2D eigenvalue weighted by Crippen LogP contribution is -2.31. The standard InChI is InChI=1S/C17H26N2O4.ClH/c1-21-14-9-15(22-2)11-16(10-14)23-7-3-6-19-17(20)12-4-5-13(18)8-12;/h9-13H,3-8,18H2,1-2H3,(H,19,20);1H. The maximum atomic E-state index is 12.0. The number of hydrogen-bond donors (Lipinski definition) is 2. The van der Waals surface area contributed by atoms with E-state index in [2.05, 4.69) is 5.32 Å². The predicted octanol–water partition coefficient (Wildman–Crippen LogP) is 2.14. The van der Waals surface area contributed by atoms with Gasteiger partial charge in [0.25, 0.3) is 0 Å². The summed E-state index contributed by atoms with van der Waals surface area (Å²) in [6.07, 6.45) is 3.38. The molecule has 2 unspecified atom stereocenters. The van der Waals surface area contributed by atoms with Gasteiger partial charge >= 0.3 is 0 Å². The largest absolute Gasteiger partial charge is 0.496 e. The Morgan fingerprint density at radius 3 is 2.33 bits per heavy atom. The Bertz CT molecular complexity index is 505. The molecule has 0 aliphatic heterocycles. The van der Waals surface area contributed by atoms with Crippen LogP contribution in [-0.4, -0.2) is 39.3 Å². The zero-order chi connectivity index (χ0) is 16.7. The van der Waals surface area contributed by atoms with Crippen molar-refractivity contribution in [3.8, 4) is 17.2 Å². The predicted molar refractivity (Wildman–Crippen MR) is 95.2 cm³/mol. The smallest absolute Gasteiger partial charge is 0.223 e. The van der Waals surface area contributed by atoms with E-state index in [-0.39, 0.29) is 30.3 Å². The molecule has 1 aliphatic rings. The minimum Gasteiger partial charge on any atom is -0.496 e. The highest BCUT2D eigenvalue weighted by molar-refractivity contribution is 5.85. The summed E-state index contributed by atoms with van der Waals surface area (Å²) in [5.41, 5.74) is 5.83. The van der Waals surface area contributed by atoms with Crippen molar-refractivity contribution in [2.24, 2.45) is 11.7 Å². The van der Waals surface area contributed by atoms with Gasteiger partial charge in [-0.05, 0) is 25.7 Å². The first-order valence-electron chi connectivity index (χ1n) is 8.01. The van der Waals surface area contributed by atoms with E-state index in [9.17, 15) is 4.79 Å². The van der Waals surface area contributed by atoms with Crippen LogP contribution in [0.3, 0.4) is 0 Å². The molecule has 1 saturated carbocycles. The van der Waals surface area contributed by atoms with Crippen molar-refractivity contribution in [2.45, 2.75) is 31.7 Å². The van der Waals surface area contributed by atoms with Crippen molar-refractivity contribution in [3.05, 3.63) is 18.2 Å². The van der Waals surface area contributed by atoms with Crippen LogP contribution in [-0.2, 0) is 4.79 Å². The third kappa shape index (κ3) is 6.09. The monoisotopic (exact) mass is 358 g/mol. The highest BCUT2D eigenvalue weighted by Crippen LogP contribution is 2.27. The van der Waals surface area contributed by atoms with E-state index in [1.807, 2.05) is 0 Å². The van der Waals surface area contributed by atoms with Gasteiger partial charge in [0.05, 0.1) is 20.8 Å². The Morgan fingerprint density at radius 1 is 1.17 bits per heavy atom. The molecule has 1 amide bonds. The van der Waals surface area contributed by atoms with Gasteiger partial charge in [-0.1, -0.05) is 0 Å². The Labute approximate surface area is 149 Å². The van der Waals surface area contributed by atoms with Crippen molar-refractivity contribution < 1.29 is 19.0 Å².